The Kier molecular flexibility index (Phi) is 7.43. The molecule has 6 rings (SSSR count). The Hall–Kier alpha value is -1.24. The van der Waals surface area contributed by atoms with Gasteiger partial charge in [0.1, 0.15) is 6.61 Å². The Bertz CT molecular complexity index is 1140. The van der Waals surface area contributed by atoms with E-state index in [9.17, 15) is 14.7 Å². The summed E-state index contributed by atoms with van der Waals surface area (Å²) in [6, 6.07) is 0. The number of carbonyl (C=O) groups is 2. The molecule has 0 aromatic rings. The van der Waals surface area contributed by atoms with Crippen LogP contribution in [0.15, 0.2) is 11.6 Å². The van der Waals surface area contributed by atoms with Gasteiger partial charge in [-0.15, -0.1) is 0 Å². The van der Waals surface area contributed by atoms with E-state index in [0.29, 0.717) is 18.3 Å². The molecule has 6 nitrogen and oxygen atoms in total. The van der Waals surface area contributed by atoms with Crippen LogP contribution in [0.2, 0.25) is 0 Å². The number of aliphatic hydroxyl groups excluding tert-OH is 1. The molecule has 1 N–H and O–H groups in total. The van der Waals surface area contributed by atoms with Crippen LogP contribution in [-0.4, -0.2) is 67.3 Å². The molecule has 0 aromatic carbocycles. The second-order valence-corrected chi connectivity index (χ2v) is 17.2. The van der Waals surface area contributed by atoms with Crippen LogP contribution in [-0.2, 0) is 19.1 Å². The zero-order valence-electron chi connectivity index (χ0n) is 27.5. The number of carbonyl (C=O) groups excluding carboxylic acids is 2. The Labute approximate surface area is 254 Å². The quantitative estimate of drug-likeness (QED) is 0.397. The lowest BCUT2D eigenvalue weighted by atomic mass is 9.33. The highest BCUT2D eigenvalue weighted by Gasteiger charge is 2.70. The summed E-state index contributed by atoms with van der Waals surface area (Å²) in [5.74, 6) is 0.794. The first kappa shape index (κ1) is 30.8. The molecular formula is C36H57NO5. The van der Waals surface area contributed by atoms with Gasteiger partial charge in [0.15, 0.2) is 5.78 Å². The van der Waals surface area contributed by atoms with Crippen molar-refractivity contribution in [3.05, 3.63) is 11.6 Å². The maximum absolute atomic E-state index is 14.5. The van der Waals surface area contributed by atoms with Gasteiger partial charge in [-0.2, -0.15) is 0 Å². The number of nitrogens with zero attached hydrogens (tertiary/aromatic N) is 1. The molecule has 0 radical (unpaired) electrons. The maximum Gasteiger partial charge on any atom is 0.311 e. The topological polar surface area (TPSA) is 76.1 Å². The van der Waals surface area contributed by atoms with Crippen molar-refractivity contribution in [3.63, 3.8) is 0 Å². The van der Waals surface area contributed by atoms with Crippen molar-refractivity contribution < 1.29 is 24.2 Å². The third kappa shape index (κ3) is 4.35. The summed E-state index contributed by atoms with van der Waals surface area (Å²) in [5.41, 5.74) is 0.447. The van der Waals surface area contributed by atoms with E-state index in [-0.39, 0.29) is 51.0 Å². The average molecular weight is 584 g/mol. The summed E-state index contributed by atoms with van der Waals surface area (Å²) in [4.78, 5) is 30.5. The smallest absolute Gasteiger partial charge is 0.311 e. The van der Waals surface area contributed by atoms with Gasteiger partial charge in [0, 0.05) is 25.6 Å². The van der Waals surface area contributed by atoms with Gasteiger partial charge in [-0.3, -0.25) is 14.5 Å². The van der Waals surface area contributed by atoms with Gasteiger partial charge < -0.3 is 14.6 Å². The highest BCUT2D eigenvalue weighted by atomic mass is 16.5. The van der Waals surface area contributed by atoms with E-state index in [0.717, 1.165) is 90.6 Å². The number of morpholine rings is 1. The average Bonchev–Trinajstić information content (AvgIpc) is 2.93. The zero-order valence-corrected chi connectivity index (χ0v) is 27.5. The molecule has 42 heavy (non-hydrogen) atoms. The number of ether oxygens (including phenoxy) is 2. The Morgan fingerprint density at radius 3 is 2.38 bits per heavy atom. The minimum absolute atomic E-state index is 0.0197. The van der Waals surface area contributed by atoms with Gasteiger partial charge in [-0.1, -0.05) is 47.1 Å². The van der Waals surface area contributed by atoms with Gasteiger partial charge in [0.2, 0.25) is 0 Å². The number of aliphatic hydroxyl groups is 1. The van der Waals surface area contributed by atoms with E-state index >= 15 is 0 Å². The molecule has 0 spiro atoms. The third-order valence-electron chi connectivity index (χ3n) is 14.8. The standard InChI is InChI=1S/C36H57NO5/c1-31(2)27-8-11-36(7)29(34(27,5)10-9-28(31)39)26(38)22-24-25-23-33(4,13-12-32(25,3)14-15-35(24,36)6)30(40)42-21-18-37-16-19-41-20-17-37/h22,25,27-29,39H,8-21,23H2,1-7H3/t25-,27-,28-,29+,32+,33-,34-,35+,36+/m0/s1. The van der Waals surface area contributed by atoms with E-state index in [1.54, 1.807) is 0 Å². The van der Waals surface area contributed by atoms with E-state index in [1.165, 1.54) is 5.57 Å². The van der Waals surface area contributed by atoms with Crippen LogP contribution in [0.3, 0.4) is 0 Å². The first-order chi connectivity index (χ1) is 19.6. The van der Waals surface area contributed by atoms with E-state index in [1.807, 2.05) is 0 Å². The second kappa shape index (κ2) is 10.1. The normalized spacial score (nSPS) is 48.7. The molecule has 9 atom stereocenters. The molecular weight excluding hydrogens is 526 g/mol. The van der Waals surface area contributed by atoms with Crippen LogP contribution in [0.25, 0.3) is 0 Å². The summed E-state index contributed by atoms with van der Waals surface area (Å²) in [6.45, 7) is 20.8. The predicted octanol–water partition coefficient (Wildman–Crippen LogP) is 6.20. The van der Waals surface area contributed by atoms with Gasteiger partial charge in [0.05, 0.1) is 24.7 Å². The molecule has 1 heterocycles. The van der Waals surface area contributed by atoms with Gasteiger partial charge in [0.25, 0.3) is 0 Å². The van der Waals surface area contributed by atoms with Crippen molar-refractivity contribution in [2.75, 3.05) is 39.5 Å². The fourth-order valence-corrected chi connectivity index (χ4v) is 11.6. The number of hydrogen-bond acceptors (Lipinski definition) is 6. The second-order valence-electron chi connectivity index (χ2n) is 17.2. The zero-order chi connectivity index (χ0) is 30.3. The monoisotopic (exact) mass is 583 g/mol. The minimum atomic E-state index is -0.526. The number of esters is 1. The largest absolute Gasteiger partial charge is 0.464 e. The Balaban J connectivity index is 1.28. The summed E-state index contributed by atoms with van der Waals surface area (Å²) >= 11 is 0. The van der Waals surface area contributed by atoms with E-state index in [2.05, 4.69) is 59.4 Å². The third-order valence-corrected chi connectivity index (χ3v) is 14.8. The lowest BCUT2D eigenvalue weighted by Gasteiger charge is -2.70. The van der Waals surface area contributed by atoms with Crippen molar-refractivity contribution >= 4 is 11.8 Å². The Morgan fingerprint density at radius 1 is 0.976 bits per heavy atom. The van der Waals surface area contributed by atoms with Crippen molar-refractivity contribution in [1.82, 2.24) is 4.90 Å². The predicted molar refractivity (Wildman–Crippen MR) is 164 cm³/mol. The molecule has 0 amide bonds. The summed E-state index contributed by atoms with van der Waals surface area (Å²) in [5, 5.41) is 11.0. The molecule has 6 aliphatic rings. The number of rotatable bonds is 4. The minimum Gasteiger partial charge on any atom is -0.464 e. The van der Waals surface area contributed by atoms with Crippen LogP contribution in [0, 0.1) is 50.2 Å². The van der Waals surface area contributed by atoms with Gasteiger partial charge in [-0.25, -0.2) is 0 Å². The fourth-order valence-electron chi connectivity index (χ4n) is 11.6. The van der Waals surface area contributed by atoms with Crippen molar-refractivity contribution in [1.29, 1.82) is 0 Å². The van der Waals surface area contributed by atoms with Gasteiger partial charge in [-0.05, 0) is 110 Å². The Morgan fingerprint density at radius 2 is 1.67 bits per heavy atom. The summed E-state index contributed by atoms with van der Waals surface area (Å²) in [7, 11) is 0. The molecule has 6 heteroatoms. The van der Waals surface area contributed by atoms with Crippen molar-refractivity contribution in [2.45, 2.75) is 112 Å². The molecule has 0 aromatic heterocycles. The van der Waals surface area contributed by atoms with E-state index < -0.39 is 5.41 Å². The van der Waals surface area contributed by atoms with Crippen LogP contribution in [0.1, 0.15) is 106 Å². The first-order valence-corrected chi connectivity index (χ1v) is 17.0. The first-order valence-electron chi connectivity index (χ1n) is 17.0. The van der Waals surface area contributed by atoms with Crippen molar-refractivity contribution in [2.24, 2.45) is 50.2 Å². The molecule has 236 valence electrons. The fraction of sp³-hybridized carbons (Fsp3) is 0.889. The highest BCUT2D eigenvalue weighted by molar-refractivity contribution is 5.95. The lowest BCUT2D eigenvalue weighted by molar-refractivity contribution is -0.202. The summed E-state index contributed by atoms with van der Waals surface area (Å²) in [6.07, 6.45) is 10.5. The number of hydrogen-bond donors (Lipinski definition) is 1. The van der Waals surface area contributed by atoms with Crippen LogP contribution < -0.4 is 0 Å². The van der Waals surface area contributed by atoms with E-state index in [4.69, 9.17) is 9.47 Å². The van der Waals surface area contributed by atoms with Crippen LogP contribution in [0.5, 0.6) is 0 Å². The number of fused-ring (bicyclic) bond motifs is 7. The highest BCUT2D eigenvalue weighted by Crippen LogP contribution is 2.75. The molecule has 5 fully saturated rings. The van der Waals surface area contributed by atoms with Crippen molar-refractivity contribution in [3.8, 4) is 0 Å². The summed E-state index contributed by atoms with van der Waals surface area (Å²) < 4.78 is 11.4. The lowest BCUT2D eigenvalue weighted by Crippen LogP contribution is -2.66. The SMILES string of the molecule is CC1(C)[C@@H](O)CC[C@]2(C)[C@H]3C(=O)C=C4[C@@H]5C[C@@](C)(C(=O)OCCN6CCOCC6)CC[C@]5(C)CC[C@@]4(C)[C@]3(C)CC[C@@H]12. The molecule has 5 aliphatic carbocycles. The van der Waals surface area contributed by atoms with Crippen LogP contribution in [0.4, 0.5) is 0 Å². The molecule has 4 saturated carbocycles. The molecule has 0 bridgehead atoms. The molecule has 1 aliphatic heterocycles. The molecule has 1 saturated heterocycles. The molecule has 0 unspecified atom stereocenters. The van der Waals surface area contributed by atoms with Gasteiger partial charge >= 0.3 is 5.97 Å². The van der Waals surface area contributed by atoms with Crippen LogP contribution >= 0.6 is 0 Å². The number of ketones is 1. The number of allylic oxidation sites excluding steroid dienone is 2. The maximum atomic E-state index is 14.5.